The second-order valence-corrected chi connectivity index (χ2v) is 6.98. The van der Waals surface area contributed by atoms with Gasteiger partial charge in [-0.1, -0.05) is 18.2 Å². The average molecular weight is 383 g/mol. The Morgan fingerprint density at radius 1 is 0.893 bits per heavy atom. The first kappa shape index (κ1) is 21.5. The van der Waals surface area contributed by atoms with Crippen LogP contribution in [0.3, 0.4) is 0 Å². The SMILES string of the molecule is COc1ccc(CCN(C)C(=O)CCC(=O)c2ccc(C)c(C)c2)cc1OC. The molecule has 2 aromatic carbocycles. The van der Waals surface area contributed by atoms with Crippen molar-refractivity contribution in [3.05, 3.63) is 58.7 Å². The third kappa shape index (κ3) is 5.59. The van der Waals surface area contributed by atoms with E-state index >= 15 is 0 Å². The molecule has 2 aromatic rings. The minimum atomic E-state index is -0.0299. The molecule has 5 heteroatoms. The van der Waals surface area contributed by atoms with E-state index in [0.29, 0.717) is 30.0 Å². The first-order valence-electron chi connectivity index (χ1n) is 9.41. The number of methoxy groups -OCH3 is 2. The van der Waals surface area contributed by atoms with Gasteiger partial charge in [-0.25, -0.2) is 0 Å². The highest BCUT2D eigenvalue weighted by atomic mass is 16.5. The molecule has 0 aliphatic heterocycles. The molecule has 2 rings (SSSR count). The predicted molar refractivity (Wildman–Crippen MR) is 110 cm³/mol. The first-order valence-corrected chi connectivity index (χ1v) is 9.41. The Labute approximate surface area is 167 Å². The van der Waals surface area contributed by atoms with Gasteiger partial charge in [0.25, 0.3) is 0 Å². The van der Waals surface area contributed by atoms with Crippen LogP contribution < -0.4 is 9.47 Å². The lowest BCUT2D eigenvalue weighted by Crippen LogP contribution is -2.29. The van der Waals surface area contributed by atoms with Crippen molar-refractivity contribution >= 4 is 11.7 Å². The molecule has 0 fully saturated rings. The van der Waals surface area contributed by atoms with Crippen LogP contribution in [-0.2, 0) is 11.2 Å². The highest BCUT2D eigenvalue weighted by Crippen LogP contribution is 2.27. The lowest BCUT2D eigenvalue weighted by Gasteiger charge is -2.17. The summed E-state index contributed by atoms with van der Waals surface area (Å²) in [6.45, 7) is 4.58. The average Bonchev–Trinajstić information content (AvgIpc) is 2.71. The summed E-state index contributed by atoms with van der Waals surface area (Å²) in [5.41, 5.74) is 3.97. The van der Waals surface area contributed by atoms with E-state index in [2.05, 4.69) is 0 Å². The number of likely N-dealkylation sites (N-methyl/N-ethyl adjacent to an activating group) is 1. The van der Waals surface area contributed by atoms with Crippen LogP contribution in [0.4, 0.5) is 0 Å². The van der Waals surface area contributed by atoms with Gasteiger partial charge in [0.05, 0.1) is 14.2 Å². The molecule has 150 valence electrons. The van der Waals surface area contributed by atoms with Crippen LogP contribution in [0.1, 0.15) is 39.9 Å². The topological polar surface area (TPSA) is 55.8 Å². The monoisotopic (exact) mass is 383 g/mol. The lowest BCUT2D eigenvalue weighted by atomic mass is 10.0. The number of carbonyl (C=O) groups is 2. The standard InChI is InChI=1S/C23H29NO4/c1-16-6-8-19(14-17(16)2)20(25)9-11-23(26)24(3)13-12-18-7-10-21(27-4)22(15-18)28-5/h6-8,10,14-15H,9,11-13H2,1-5H3. The molecule has 0 saturated heterocycles. The van der Waals surface area contributed by atoms with E-state index in [1.165, 1.54) is 0 Å². The molecular weight excluding hydrogens is 354 g/mol. The number of amides is 1. The summed E-state index contributed by atoms with van der Waals surface area (Å²) >= 11 is 0. The number of hydrogen-bond donors (Lipinski definition) is 0. The minimum absolute atomic E-state index is 0.00439. The molecule has 0 radical (unpaired) electrons. The molecule has 28 heavy (non-hydrogen) atoms. The van der Waals surface area contributed by atoms with E-state index in [9.17, 15) is 9.59 Å². The van der Waals surface area contributed by atoms with Crippen LogP contribution in [0.5, 0.6) is 11.5 Å². The maximum Gasteiger partial charge on any atom is 0.222 e. The van der Waals surface area contributed by atoms with Crippen molar-refractivity contribution in [1.29, 1.82) is 0 Å². The third-order valence-corrected chi connectivity index (χ3v) is 5.00. The van der Waals surface area contributed by atoms with Gasteiger partial charge < -0.3 is 14.4 Å². The number of nitrogens with zero attached hydrogens (tertiary/aromatic N) is 1. The fourth-order valence-corrected chi connectivity index (χ4v) is 2.93. The molecule has 0 aliphatic carbocycles. The molecule has 0 saturated carbocycles. The van der Waals surface area contributed by atoms with Crippen molar-refractivity contribution in [1.82, 2.24) is 4.90 Å². The van der Waals surface area contributed by atoms with Crippen LogP contribution in [0.25, 0.3) is 0 Å². The van der Waals surface area contributed by atoms with Gasteiger partial charge in [-0.05, 0) is 55.2 Å². The van der Waals surface area contributed by atoms with Crippen LogP contribution in [0.15, 0.2) is 36.4 Å². The summed E-state index contributed by atoms with van der Waals surface area (Å²) < 4.78 is 10.5. The number of benzene rings is 2. The van der Waals surface area contributed by atoms with Crippen molar-refractivity contribution in [2.24, 2.45) is 0 Å². The van der Waals surface area contributed by atoms with Crippen LogP contribution in [-0.4, -0.2) is 44.4 Å². The number of rotatable bonds is 9. The normalized spacial score (nSPS) is 10.5. The van der Waals surface area contributed by atoms with Crippen LogP contribution >= 0.6 is 0 Å². The number of aryl methyl sites for hydroxylation is 2. The molecule has 0 aliphatic rings. The highest BCUT2D eigenvalue weighted by molar-refractivity contribution is 5.98. The van der Waals surface area contributed by atoms with E-state index in [0.717, 1.165) is 16.7 Å². The van der Waals surface area contributed by atoms with Gasteiger partial charge in [0.1, 0.15) is 0 Å². The summed E-state index contributed by atoms with van der Waals surface area (Å²) in [4.78, 5) is 26.4. The third-order valence-electron chi connectivity index (χ3n) is 5.00. The van der Waals surface area contributed by atoms with Gasteiger partial charge in [0, 0.05) is 32.0 Å². The van der Waals surface area contributed by atoms with Gasteiger partial charge in [-0.15, -0.1) is 0 Å². The molecular formula is C23H29NO4. The van der Waals surface area contributed by atoms with E-state index in [1.54, 1.807) is 26.2 Å². The van der Waals surface area contributed by atoms with Gasteiger partial charge in [0.2, 0.25) is 5.91 Å². The summed E-state index contributed by atoms with van der Waals surface area (Å²) in [6.07, 6.45) is 1.14. The summed E-state index contributed by atoms with van der Waals surface area (Å²) in [5.74, 6) is 1.33. The second-order valence-electron chi connectivity index (χ2n) is 6.98. The maximum atomic E-state index is 12.4. The Morgan fingerprint density at radius 2 is 1.61 bits per heavy atom. The van der Waals surface area contributed by atoms with Crippen molar-refractivity contribution in [3.63, 3.8) is 0 Å². The molecule has 0 N–H and O–H groups in total. The summed E-state index contributed by atoms with van der Waals surface area (Å²) in [6, 6.07) is 11.4. The van der Waals surface area contributed by atoms with Gasteiger partial charge >= 0.3 is 0 Å². The first-order chi connectivity index (χ1) is 13.3. The highest BCUT2D eigenvalue weighted by Gasteiger charge is 2.14. The van der Waals surface area contributed by atoms with Crippen molar-refractivity contribution < 1.29 is 19.1 Å². The Hall–Kier alpha value is -2.82. The number of hydrogen-bond acceptors (Lipinski definition) is 4. The van der Waals surface area contributed by atoms with Crippen molar-refractivity contribution in [3.8, 4) is 11.5 Å². The second kappa shape index (κ2) is 9.93. The van der Waals surface area contributed by atoms with Gasteiger partial charge in [-0.2, -0.15) is 0 Å². The number of Topliss-reactive ketones (excluding diaryl/α,β-unsaturated/α-hetero) is 1. The summed E-state index contributed by atoms with van der Waals surface area (Å²) in [7, 11) is 4.97. The number of carbonyl (C=O) groups excluding carboxylic acids is 2. The number of ether oxygens (including phenoxy) is 2. The lowest BCUT2D eigenvalue weighted by molar-refractivity contribution is -0.129. The molecule has 0 heterocycles. The molecule has 5 nitrogen and oxygen atoms in total. The largest absolute Gasteiger partial charge is 0.493 e. The van der Waals surface area contributed by atoms with E-state index in [-0.39, 0.29) is 24.5 Å². The van der Waals surface area contributed by atoms with Crippen molar-refractivity contribution in [2.45, 2.75) is 33.1 Å². The Bertz CT molecular complexity index is 844. The fourth-order valence-electron chi connectivity index (χ4n) is 2.93. The predicted octanol–water partition coefficient (Wildman–Crippen LogP) is 3.98. The fraction of sp³-hybridized carbons (Fsp3) is 0.391. The van der Waals surface area contributed by atoms with Crippen LogP contribution in [0.2, 0.25) is 0 Å². The van der Waals surface area contributed by atoms with E-state index < -0.39 is 0 Å². The molecule has 0 aromatic heterocycles. The van der Waals surface area contributed by atoms with E-state index in [4.69, 9.17) is 9.47 Å². The summed E-state index contributed by atoms with van der Waals surface area (Å²) in [5, 5.41) is 0. The zero-order valence-corrected chi connectivity index (χ0v) is 17.4. The smallest absolute Gasteiger partial charge is 0.222 e. The molecule has 0 bridgehead atoms. The van der Waals surface area contributed by atoms with Crippen LogP contribution in [0, 0.1) is 13.8 Å². The van der Waals surface area contributed by atoms with Crippen molar-refractivity contribution in [2.75, 3.05) is 27.8 Å². The minimum Gasteiger partial charge on any atom is -0.493 e. The molecule has 0 atom stereocenters. The Balaban J connectivity index is 1.85. The van der Waals surface area contributed by atoms with Gasteiger partial charge in [-0.3, -0.25) is 9.59 Å². The zero-order valence-electron chi connectivity index (χ0n) is 17.4. The number of ketones is 1. The van der Waals surface area contributed by atoms with Gasteiger partial charge in [0.15, 0.2) is 17.3 Å². The quantitative estimate of drug-likeness (QED) is 0.615. The Kier molecular flexibility index (Phi) is 7.61. The molecule has 1 amide bonds. The Morgan fingerprint density at radius 3 is 2.25 bits per heavy atom. The zero-order chi connectivity index (χ0) is 20.7. The molecule has 0 spiro atoms. The van der Waals surface area contributed by atoms with E-state index in [1.807, 2.05) is 50.2 Å². The molecule has 0 unspecified atom stereocenters. The maximum absolute atomic E-state index is 12.4.